The molecule has 1 aromatic carbocycles. The van der Waals surface area contributed by atoms with E-state index >= 15 is 0 Å². The van der Waals surface area contributed by atoms with Crippen LogP contribution in [0.15, 0.2) is 42.7 Å². The lowest BCUT2D eigenvalue weighted by atomic mass is 9.70. The van der Waals surface area contributed by atoms with Crippen molar-refractivity contribution < 1.29 is 9.84 Å². The van der Waals surface area contributed by atoms with E-state index in [9.17, 15) is 5.11 Å². The van der Waals surface area contributed by atoms with Crippen LogP contribution in [0.1, 0.15) is 78.2 Å². The van der Waals surface area contributed by atoms with Crippen LogP contribution in [0.4, 0.5) is 0 Å². The van der Waals surface area contributed by atoms with E-state index in [0.29, 0.717) is 12.0 Å². The second-order valence-electron chi connectivity index (χ2n) is 10.4. The van der Waals surface area contributed by atoms with Gasteiger partial charge in [0, 0.05) is 6.04 Å². The molecule has 156 valence electrons. The van der Waals surface area contributed by atoms with Crippen molar-refractivity contribution in [3.8, 4) is 0 Å². The van der Waals surface area contributed by atoms with Crippen LogP contribution in [0.25, 0.3) is 0 Å². The second-order valence-corrected chi connectivity index (χ2v) is 10.4. The van der Waals surface area contributed by atoms with Gasteiger partial charge < -0.3 is 14.7 Å². The first-order chi connectivity index (χ1) is 13.0. The Morgan fingerprint density at radius 2 is 1.68 bits per heavy atom. The molecule has 1 saturated carbocycles. The predicted octanol–water partition coefficient (Wildman–Crippen LogP) is 5.50. The van der Waals surface area contributed by atoms with Gasteiger partial charge in [0.1, 0.15) is 5.60 Å². The zero-order valence-electron chi connectivity index (χ0n) is 18.5. The van der Waals surface area contributed by atoms with Crippen molar-refractivity contribution in [3.63, 3.8) is 0 Å². The lowest BCUT2D eigenvalue weighted by molar-refractivity contribution is -0.0861. The van der Waals surface area contributed by atoms with Gasteiger partial charge in [0.2, 0.25) is 0 Å². The molecule has 1 heterocycles. The maximum atomic E-state index is 11.1. The van der Waals surface area contributed by atoms with Crippen molar-refractivity contribution in [3.05, 3.63) is 48.2 Å². The number of piperidine rings is 1. The van der Waals surface area contributed by atoms with Gasteiger partial charge in [-0.3, -0.25) is 0 Å². The van der Waals surface area contributed by atoms with Gasteiger partial charge in [-0.05, 0) is 91.3 Å². The van der Waals surface area contributed by atoms with Crippen LogP contribution < -0.4 is 0 Å². The molecular weight excluding hydrogens is 346 g/mol. The normalized spacial score (nSPS) is 27.7. The summed E-state index contributed by atoms with van der Waals surface area (Å²) in [5, 5.41) is 11.1. The minimum Gasteiger partial charge on any atom is -0.492 e. The molecule has 0 amide bonds. The molecular formula is C25H39NO2. The number of nitrogens with zero attached hydrogens (tertiary/aromatic N) is 1. The summed E-state index contributed by atoms with van der Waals surface area (Å²) >= 11 is 0. The molecule has 2 unspecified atom stereocenters. The van der Waals surface area contributed by atoms with Gasteiger partial charge in [0.15, 0.2) is 0 Å². The van der Waals surface area contributed by atoms with Crippen LogP contribution in [0.5, 0.6) is 0 Å². The second kappa shape index (κ2) is 7.84. The van der Waals surface area contributed by atoms with Gasteiger partial charge in [-0.1, -0.05) is 36.9 Å². The van der Waals surface area contributed by atoms with Crippen molar-refractivity contribution >= 4 is 0 Å². The van der Waals surface area contributed by atoms with E-state index in [4.69, 9.17) is 4.74 Å². The van der Waals surface area contributed by atoms with Crippen LogP contribution in [0.3, 0.4) is 0 Å². The van der Waals surface area contributed by atoms with E-state index in [2.05, 4.69) is 62.6 Å². The number of hydrogen-bond acceptors (Lipinski definition) is 3. The Morgan fingerprint density at radius 1 is 1.07 bits per heavy atom. The molecule has 3 nitrogen and oxygen atoms in total. The van der Waals surface area contributed by atoms with E-state index < -0.39 is 5.60 Å². The topological polar surface area (TPSA) is 32.7 Å². The third-order valence-electron chi connectivity index (χ3n) is 6.94. The molecule has 2 atom stereocenters. The molecule has 1 N–H and O–H groups in total. The Labute approximate surface area is 171 Å². The summed E-state index contributed by atoms with van der Waals surface area (Å²) in [5.74, 6) is 1.44. The van der Waals surface area contributed by atoms with Crippen molar-refractivity contribution in [2.45, 2.75) is 89.9 Å². The van der Waals surface area contributed by atoms with Gasteiger partial charge in [0.05, 0.1) is 16.8 Å². The highest BCUT2D eigenvalue weighted by Gasteiger charge is 2.54. The lowest BCUT2D eigenvalue weighted by Gasteiger charge is -2.44. The highest BCUT2D eigenvalue weighted by molar-refractivity contribution is 5.21. The summed E-state index contributed by atoms with van der Waals surface area (Å²) in [6.07, 6.45) is 5.41. The van der Waals surface area contributed by atoms with Crippen LogP contribution in [0.2, 0.25) is 0 Å². The summed E-state index contributed by atoms with van der Waals surface area (Å²) < 4.78 is 6.19. The molecule has 2 fully saturated rings. The van der Waals surface area contributed by atoms with Gasteiger partial charge in [-0.15, -0.1) is 0 Å². The smallest absolute Gasteiger partial charge is 0.100 e. The number of hydrogen-bond donors (Lipinski definition) is 1. The molecule has 0 spiro atoms. The summed E-state index contributed by atoms with van der Waals surface area (Å²) in [4.78, 5) is 2.65. The zero-order chi connectivity index (χ0) is 20.6. The van der Waals surface area contributed by atoms with Crippen LogP contribution in [-0.4, -0.2) is 40.3 Å². The zero-order valence-corrected chi connectivity index (χ0v) is 18.5. The molecule has 28 heavy (non-hydrogen) atoms. The maximum absolute atomic E-state index is 11.1. The highest BCUT2D eigenvalue weighted by Crippen LogP contribution is 2.53. The monoisotopic (exact) mass is 385 g/mol. The summed E-state index contributed by atoms with van der Waals surface area (Å²) in [6.45, 7) is 16.6. The molecule has 1 saturated heterocycles. The SMILES string of the molecule is C=C(OC(C)(C)C)C1(C(C)(C)O)CCC(N2CCC(c3ccccc3)CC2)C1. The Balaban J connectivity index is 1.67. The first kappa shape index (κ1) is 21.4. The van der Waals surface area contributed by atoms with E-state index in [1.54, 1.807) is 0 Å². The van der Waals surface area contributed by atoms with Crippen molar-refractivity contribution in [1.29, 1.82) is 0 Å². The standard InChI is InChI=1S/C25H39NO2/c1-19(28-23(2,3)4)25(24(5,6)27)15-12-22(18-25)26-16-13-21(14-17-26)20-10-8-7-9-11-20/h7-11,21-22,27H,1,12-18H2,2-6H3. The molecule has 1 aliphatic heterocycles. The fourth-order valence-corrected chi connectivity index (χ4v) is 5.27. The number of ether oxygens (including phenoxy) is 1. The minimum atomic E-state index is -0.841. The lowest BCUT2D eigenvalue weighted by Crippen LogP contribution is -2.47. The van der Waals surface area contributed by atoms with Gasteiger partial charge >= 0.3 is 0 Å². The molecule has 0 bridgehead atoms. The van der Waals surface area contributed by atoms with Gasteiger partial charge in [0.25, 0.3) is 0 Å². The number of benzene rings is 1. The number of aliphatic hydroxyl groups is 1. The van der Waals surface area contributed by atoms with Crippen LogP contribution in [0, 0.1) is 5.41 Å². The summed E-state index contributed by atoms with van der Waals surface area (Å²) in [5.41, 5.74) is -0.0267. The van der Waals surface area contributed by atoms with Crippen molar-refractivity contribution in [2.75, 3.05) is 13.1 Å². The fraction of sp³-hybridized carbons (Fsp3) is 0.680. The summed E-state index contributed by atoms with van der Waals surface area (Å²) in [6, 6.07) is 11.4. The molecule has 2 aliphatic rings. The third-order valence-corrected chi connectivity index (χ3v) is 6.94. The maximum Gasteiger partial charge on any atom is 0.100 e. The summed E-state index contributed by atoms with van der Waals surface area (Å²) in [7, 11) is 0. The fourth-order valence-electron chi connectivity index (χ4n) is 5.27. The van der Waals surface area contributed by atoms with Crippen molar-refractivity contribution in [2.24, 2.45) is 5.41 Å². The van der Waals surface area contributed by atoms with Crippen LogP contribution >= 0.6 is 0 Å². The van der Waals surface area contributed by atoms with Gasteiger partial charge in [-0.2, -0.15) is 0 Å². The quantitative estimate of drug-likeness (QED) is 0.679. The average molecular weight is 386 g/mol. The van der Waals surface area contributed by atoms with E-state index in [1.807, 2.05) is 13.8 Å². The van der Waals surface area contributed by atoms with E-state index in [-0.39, 0.29) is 11.0 Å². The molecule has 3 rings (SSSR count). The Morgan fingerprint density at radius 3 is 2.21 bits per heavy atom. The molecule has 1 aromatic rings. The molecule has 1 aliphatic carbocycles. The third kappa shape index (κ3) is 4.46. The first-order valence-corrected chi connectivity index (χ1v) is 10.9. The predicted molar refractivity (Wildman–Crippen MR) is 116 cm³/mol. The molecule has 0 aromatic heterocycles. The highest BCUT2D eigenvalue weighted by atomic mass is 16.5. The Bertz CT molecular complexity index is 662. The number of rotatable bonds is 5. The molecule has 0 radical (unpaired) electrons. The van der Waals surface area contributed by atoms with E-state index in [0.717, 1.165) is 38.1 Å². The van der Waals surface area contributed by atoms with Crippen LogP contribution in [-0.2, 0) is 4.74 Å². The minimum absolute atomic E-state index is 0.290. The number of likely N-dealkylation sites (tertiary alicyclic amines) is 1. The van der Waals surface area contributed by atoms with E-state index in [1.165, 1.54) is 18.4 Å². The Kier molecular flexibility index (Phi) is 5.99. The average Bonchev–Trinajstić information content (AvgIpc) is 3.08. The molecule has 3 heteroatoms. The van der Waals surface area contributed by atoms with Crippen molar-refractivity contribution in [1.82, 2.24) is 4.90 Å². The van der Waals surface area contributed by atoms with Gasteiger partial charge in [-0.25, -0.2) is 0 Å². The largest absolute Gasteiger partial charge is 0.492 e. The first-order valence-electron chi connectivity index (χ1n) is 10.9. The Hall–Kier alpha value is -1.32.